The van der Waals surface area contributed by atoms with E-state index in [4.69, 9.17) is 15.6 Å². The van der Waals surface area contributed by atoms with Crippen molar-refractivity contribution in [1.29, 1.82) is 0 Å². The number of nitrogens with zero attached hydrogens (tertiary/aromatic N) is 4. The lowest BCUT2D eigenvalue weighted by Gasteiger charge is -2.13. The van der Waals surface area contributed by atoms with Crippen LogP contribution in [0.1, 0.15) is 12.6 Å². The molecule has 4 N–H and O–H groups in total. The fraction of sp³-hybridized carbons (Fsp3) is 0.500. The van der Waals surface area contributed by atoms with Gasteiger partial charge >= 0.3 is 0 Å². The Morgan fingerprint density at radius 3 is 3.00 bits per heavy atom. The van der Waals surface area contributed by atoms with E-state index in [2.05, 4.69) is 15.0 Å². The van der Waals surface area contributed by atoms with Crippen LogP contribution in [0.25, 0.3) is 11.2 Å². The van der Waals surface area contributed by atoms with Crippen LogP contribution in [0.5, 0.6) is 0 Å². The molecule has 1 aliphatic heterocycles. The van der Waals surface area contributed by atoms with Crippen molar-refractivity contribution in [2.45, 2.75) is 24.9 Å². The summed E-state index contributed by atoms with van der Waals surface area (Å²) in [6.07, 6.45) is -1.89. The molecule has 0 saturated carbocycles. The quantitative estimate of drug-likeness (QED) is 0.610. The molecule has 0 amide bonds. The van der Waals surface area contributed by atoms with Crippen LogP contribution >= 0.6 is 0 Å². The maximum Gasteiger partial charge on any atom is 0.293 e. The number of hydrogen-bond donors (Lipinski definition) is 3. The van der Waals surface area contributed by atoms with Gasteiger partial charge in [-0.1, -0.05) is 0 Å². The second-order valence-corrected chi connectivity index (χ2v) is 4.30. The predicted molar refractivity (Wildman–Crippen MR) is 61.3 cm³/mol. The molecule has 1 fully saturated rings. The number of imidazole rings is 1. The summed E-state index contributed by atoms with van der Waals surface area (Å²) in [6.45, 7) is -0.344. The SMILES string of the molecule is Nc1ncnc2c1nc(F)n2[C@H]1CC(O)[C@@H](CO)O1. The first-order chi connectivity index (χ1) is 9.11. The summed E-state index contributed by atoms with van der Waals surface area (Å²) in [5.74, 6) is 0.0694. The molecule has 2 aromatic rings. The fourth-order valence-electron chi connectivity index (χ4n) is 2.19. The summed E-state index contributed by atoms with van der Waals surface area (Å²) >= 11 is 0. The maximum absolute atomic E-state index is 13.9. The largest absolute Gasteiger partial charge is 0.394 e. The van der Waals surface area contributed by atoms with Gasteiger partial charge in [0.25, 0.3) is 6.08 Å². The number of anilines is 1. The van der Waals surface area contributed by atoms with E-state index < -0.39 is 24.5 Å². The zero-order valence-electron chi connectivity index (χ0n) is 9.77. The van der Waals surface area contributed by atoms with Crippen LogP contribution < -0.4 is 5.73 Å². The van der Waals surface area contributed by atoms with Gasteiger partial charge < -0.3 is 20.7 Å². The summed E-state index contributed by atoms with van der Waals surface area (Å²) in [5, 5.41) is 18.7. The average molecular weight is 269 g/mol. The average Bonchev–Trinajstić information content (AvgIpc) is 2.90. The number of hydrogen-bond acceptors (Lipinski definition) is 7. The van der Waals surface area contributed by atoms with Crippen molar-refractivity contribution in [3.05, 3.63) is 12.4 Å². The summed E-state index contributed by atoms with van der Waals surface area (Å²) in [7, 11) is 0. The monoisotopic (exact) mass is 269 g/mol. The molecule has 102 valence electrons. The van der Waals surface area contributed by atoms with Gasteiger partial charge in [0.05, 0.1) is 12.7 Å². The molecule has 0 bridgehead atoms. The number of nitrogen functional groups attached to an aromatic ring is 1. The molecule has 1 aliphatic rings. The van der Waals surface area contributed by atoms with E-state index in [1.165, 1.54) is 6.33 Å². The molecule has 0 radical (unpaired) electrons. The first kappa shape index (κ1) is 12.2. The number of halogens is 1. The molecular formula is C10H12FN5O3. The van der Waals surface area contributed by atoms with Crippen molar-refractivity contribution in [2.24, 2.45) is 0 Å². The third kappa shape index (κ3) is 1.82. The molecular weight excluding hydrogens is 257 g/mol. The topological polar surface area (TPSA) is 119 Å². The number of aliphatic hydroxyl groups excluding tert-OH is 2. The Bertz CT molecular complexity index is 618. The first-order valence-electron chi connectivity index (χ1n) is 5.70. The Morgan fingerprint density at radius 2 is 2.32 bits per heavy atom. The molecule has 0 aliphatic carbocycles. The van der Waals surface area contributed by atoms with Gasteiger partial charge in [0.1, 0.15) is 18.7 Å². The van der Waals surface area contributed by atoms with Crippen molar-refractivity contribution in [1.82, 2.24) is 19.5 Å². The molecule has 0 spiro atoms. The van der Waals surface area contributed by atoms with Crippen LogP contribution in [0.15, 0.2) is 6.33 Å². The summed E-state index contributed by atoms with van der Waals surface area (Å²) in [6, 6.07) is 0. The number of nitrogens with two attached hydrogens (primary N) is 1. The third-order valence-electron chi connectivity index (χ3n) is 3.13. The van der Waals surface area contributed by atoms with Gasteiger partial charge in [0.15, 0.2) is 17.0 Å². The van der Waals surface area contributed by atoms with Gasteiger partial charge in [0.2, 0.25) is 0 Å². The number of fused-ring (bicyclic) bond motifs is 1. The van der Waals surface area contributed by atoms with Crippen LogP contribution in [0.3, 0.4) is 0 Å². The highest BCUT2D eigenvalue weighted by Crippen LogP contribution is 2.32. The number of ether oxygens (including phenoxy) is 1. The second kappa shape index (κ2) is 4.37. The Balaban J connectivity index is 2.06. The van der Waals surface area contributed by atoms with Crippen molar-refractivity contribution in [2.75, 3.05) is 12.3 Å². The van der Waals surface area contributed by atoms with Crippen molar-refractivity contribution >= 4 is 17.0 Å². The zero-order chi connectivity index (χ0) is 13.6. The molecule has 8 nitrogen and oxygen atoms in total. The van der Waals surface area contributed by atoms with Crippen LogP contribution in [0, 0.1) is 6.08 Å². The Morgan fingerprint density at radius 1 is 1.53 bits per heavy atom. The minimum absolute atomic E-state index is 0.0694. The van der Waals surface area contributed by atoms with Crippen molar-refractivity contribution < 1.29 is 19.3 Å². The number of aliphatic hydroxyl groups is 2. The minimum Gasteiger partial charge on any atom is -0.394 e. The van der Waals surface area contributed by atoms with E-state index in [0.29, 0.717) is 0 Å². The van der Waals surface area contributed by atoms with Crippen LogP contribution in [0.4, 0.5) is 10.2 Å². The molecule has 0 aromatic carbocycles. The standard InChI is InChI=1S/C10H12FN5O3/c11-10-15-7-8(12)13-3-14-9(7)16(10)6-1-4(18)5(2-17)19-6/h3-6,17-18H,1-2H2,(H2,12,13,14)/t4?,5-,6-/m1/s1. The number of aromatic nitrogens is 4. The third-order valence-corrected chi connectivity index (χ3v) is 3.13. The lowest BCUT2D eigenvalue weighted by Crippen LogP contribution is -2.24. The Kier molecular flexibility index (Phi) is 2.81. The van der Waals surface area contributed by atoms with Gasteiger partial charge in [-0.3, -0.25) is 4.57 Å². The summed E-state index contributed by atoms with van der Waals surface area (Å²) in [4.78, 5) is 11.3. The minimum atomic E-state index is -0.869. The highest BCUT2D eigenvalue weighted by molar-refractivity contribution is 5.81. The molecule has 3 atom stereocenters. The van der Waals surface area contributed by atoms with Crippen LogP contribution in [-0.2, 0) is 4.74 Å². The smallest absolute Gasteiger partial charge is 0.293 e. The Labute approximate surface area is 106 Å². The van der Waals surface area contributed by atoms with E-state index >= 15 is 0 Å². The second-order valence-electron chi connectivity index (χ2n) is 4.30. The maximum atomic E-state index is 13.9. The predicted octanol–water partition coefficient (Wildman–Crippen LogP) is -0.812. The fourth-order valence-corrected chi connectivity index (χ4v) is 2.19. The highest BCUT2D eigenvalue weighted by atomic mass is 19.1. The van der Waals surface area contributed by atoms with Crippen molar-refractivity contribution in [3.8, 4) is 0 Å². The molecule has 3 heterocycles. The van der Waals surface area contributed by atoms with Gasteiger partial charge in [0, 0.05) is 6.42 Å². The summed E-state index contributed by atoms with van der Waals surface area (Å²) in [5.41, 5.74) is 5.93. The lowest BCUT2D eigenvalue weighted by atomic mass is 10.2. The molecule has 3 rings (SSSR count). The van der Waals surface area contributed by atoms with Crippen molar-refractivity contribution in [3.63, 3.8) is 0 Å². The van der Waals surface area contributed by atoms with E-state index in [9.17, 15) is 9.50 Å². The summed E-state index contributed by atoms with van der Waals surface area (Å²) < 4.78 is 20.4. The lowest BCUT2D eigenvalue weighted by molar-refractivity contribution is -0.0464. The molecule has 1 unspecified atom stereocenters. The Hall–Kier alpha value is -1.84. The number of rotatable bonds is 2. The van der Waals surface area contributed by atoms with Crippen LogP contribution in [0.2, 0.25) is 0 Å². The van der Waals surface area contributed by atoms with E-state index in [1.54, 1.807) is 0 Å². The molecule has 19 heavy (non-hydrogen) atoms. The van der Waals surface area contributed by atoms with E-state index in [-0.39, 0.29) is 30.0 Å². The van der Waals surface area contributed by atoms with Gasteiger partial charge in [-0.2, -0.15) is 9.37 Å². The highest BCUT2D eigenvalue weighted by Gasteiger charge is 2.36. The van der Waals surface area contributed by atoms with Gasteiger partial charge in [-0.15, -0.1) is 0 Å². The molecule has 9 heteroatoms. The molecule has 1 saturated heterocycles. The van der Waals surface area contributed by atoms with Gasteiger partial charge in [-0.05, 0) is 0 Å². The van der Waals surface area contributed by atoms with E-state index in [0.717, 1.165) is 4.57 Å². The normalized spacial score (nSPS) is 27.2. The first-order valence-corrected chi connectivity index (χ1v) is 5.70. The van der Waals surface area contributed by atoms with E-state index in [1.807, 2.05) is 0 Å². The van der Waals surface area contributed by atoms with Gasteiger partial charge in [-0.25, -0.2) is 9.97 Å². The van der Waals surface area contributed by atoms with Crippen LogP contribution in [-0.4, -0.2) is 48.5 Å². The molecule has 2 aromatic heterocycles. The zero-order valence-corrected chi connectivity index (χ0v) is 9.77.